The number of amides is 1. The largest absolute Gasteiger partial charge is 0.300 e. The number of nitrogens with zero attached hydrogens (tertiary/aromatic N) is 1. The molecule has 0 radical (unpaired) electrons. The second-order valence-corrected chi connectivity index (χ2v) is 6.92. The molecule has 1 amide bonds. The fourth-order valence-corrected chi connectivity index (χ4v) is 3.57. The minimum atomic E-state index is -0.108. The van der Waals surface area contributed by atoms with Crippen LogP contribution in [0.1, 0.15) is 11.1 Å². The summed E-state index contributed by atoms with van der Waals surface area (Å²) < 4.78 is 0. The number of nitrogens with one attached hydrogen (secondary N) is 1. The molecule has 1 saturated heterocycles. The van der Waals surface area contributed by atoms with Gasteiger partial charge in [-0.2, -0.15) is 0 Å². The van der Waals surface area contributed by atoms with Crippen molar-refractivity contribution in [1.29, 1.82) is 0 Å². The van der Waals surface area contributed by atoms with Crippen LogP contribution in [-0.2, 0) is 4.79 Å². The molecule has 4 heteroatoms. The third-order valence-corrected chi connectivity index (χ3v) is 4.94. The molecule has 1 N–H and O–H groups in total. The van der Waals surface area contributed by atoms with Gasteiger partial charge in [0.05, 0.1) is 10.6 Å². The molecule has 4 rings (SSSR count). The second-order valence-electron chi connectivity index (χ2n) is 5.89. The van der Waals surface area contributed by atoms with Crippen molar-refractivity contribution < 1.29 is 4.79 Å². The number of benzene rings is 3. The Morgan fingerprint density at radius 3 is 2.56 bits per heavy atom. The molecular weight excluding hydrogens is 328 g/mol. The van der Waals surface area contributed by atoms with Gasteiger partial charge in [0.25, 0.3) is 5.91 Å². The summed E-state index contributed by atoms with van der Waals surface area (Å²) in [5, 5.41) is 5.75. The molecule has 25 heavy (non-hydrogen) atoms. The lowest BCUT2D eigenvalue weighted by molar-refractivity contribution is -0.115. The van der Waals surface area contributed by atoms with Gasteiger partial charge in [-0.05, 0) is 53.2 Å². The number of thioether (sulfide) groups is 1. The Kier molecular flexibility index (Phi) is 4.12. The monoisotopic (exact) mass is 344 g/mol. The highest BCUT2D eigenvalue weighted by Crippen LogP contribution is 2.30. The maximum atomic E-state index is 12.3. The quantitative estimate of drug-likeness (QED) is 0.662. The summed E-state index contributed by atoms with van der Waals surface area (Å²) in [6.45, 7) is 2.04. The number of fused-ring (bicyclic) bond motifs is 1. The lowest BCUT2D eigenvalue weighted by Gasteiger charge is -2.02. The lowest BCUT2D eigenvalue weighted by atomic mass is 10.0. The van der Waals surface area contributed by atoms with E-state index >= 15 is 0 Å². The smallest absolute Gasteiger partial charge is 0.264 e. The highest BCUT2D eigenvalue weighted by molar-refractivity contribution is 8.18. The van der Waals surface area contributed by atoms with Crippen LogP contribution in [0.4, 0.5) is 5.69 Å². The molecule has 0 saturated carbocycles. The molecule has 122 valence electrons. The Hall–Kier alpha value is -2.85. The van der Waals surface area contributed by atoms with Crippen molar-refractivity contribution >= 4 is 45.4 Å². The molecule has 1 heterocycles. The topological polar surface area (TPSA) is 41.5 Å². The van der Waals surface area contributed by atoms with E-state index in [2.05, 4.69) is 28.5 Å². The molecule has 1 aliphatic heterocycles. The zero-order valence-electron chi connectivity index (χ0n) is 13.7. The third kappa shape index (κ3) is 3.35. The molecule has 1 fully saturated rings. The van der Waals surface area contributed by atoms with E-state index in [1.807, 2.05) is 61.5 Å². The predicted molar refractivity (Wildman–Crippen MR) is 106 cm³/mol. The van der Waals surface area contributed by atoms with Crippen molar-refractivity contribution in [2.24, 2.45) is 4.99 Å². The number of amidine groups is 1. The Morgan fingerprint density at radius 1 is 0.960 bits per heavy atom. The molecule has 3 nitrogen and oxygen atoms in total. The third-order valence-electron chi connectivity index (χ3n) is 4.03. The van der Waals surface area contributed by atoms with Gasteiger partial charge in [-0.25, -0.2) is 4.99 Å². The number of carbonyl (C=O) groups is 1. The highest BCUT2D eigenvalue weighted by Gasteiger charge is 2.23. The van der Waals surface area contributed by atoms with E-state index < -0.39 is 0 Å². The molecule has 0 aromatic heterocycles. The number of aryl methyl sites for hydroxylation is 1. The van der Waals surface area contributed by atoms with Gasteiger partial charge in [0.2, 0.25) is 0 Å². The van der Waals surface area contributed by atoms with E-state index in [1.165, 1.54) is 17.3 Å². The first kappa shape index (κ1) is 15.7. The number of hydrogen-bond donors (Lipinski definition) is 1. The minimum absolute atomic E-state index is 0.108. The van der Waals surface area contributed by atoms with E-state index in [0.717, 1.165) is 22.0 Å². The second kappa shape index (κ2) is 6.57. The van der Waals surface area contributed by atoms with Crippen LogP contribution in [-0.4, -0.2) is 11.1 Å². The SMILES string of the molecule is Cc1ccc(N=C2NC(=O)/C(=C/c3cccc4ccccc34)S2)cc1. The molecule has 0 bridgehead atoms. The van der Waals surface area contributed by atoms with Crippen LogP contribution >= 0.6 is 11.8 Å². The average molecular weight is 344 g/mol. The normalized spacial score (nSPS) is 17.4. The van der Waals surface area contributed by atoms with Gasteiger partial charge < -0.3 is 5.32 Å². The Bertz CT molecular complexity index is 1010. The van der Waals surface area contributed by atoms with Crippen LogP contribution in [0.15, 0.2) is 76.6 Å². The van der Waals surface area contributed by atoms with Crippen LogP contribution in [0.3, 0.4) is 0 Å². The Labute approximate surface area is 150 Å². The molecule has 0 unspecified atom stereocenters. The van der Waals surface area contributed by atoms with Gasteiger partial charge in [-0.1, -0.05) is 60.2 Å². The van der Waals surface area contributed by atoms with Gasteiger partial charge in [0.15, 0.2) is 5.17 Å². The van der Waals surface area contributed by atoms with Gasteiger partial charge in [-0.15, -0.1) is 0 Å². The minimum Gasteiger partial charge on any atom is -0.300 e. The summed E-state index contributed by atoms with van der Waals surface area (Å²) >= 11 is 1.37. The van der Waals surface area contributed by atoms with Crippen molar-refractivity contribution in [3.8, 4) is 0 Å². The van der Waals surface area contributed by atoms with Crippen LogP contribution in [0.2, 0.25) is 0 Å². The zero-order chi connectivity index (χ0) is 17.2. The van der Waals surface area contributed by atoms with Gasteiger partial charge in [0.1, 0.15) is 0 Å². The Balaban J connectivity index is 1.66. The van der Waals surface area contributed by atoms with Crippen molar-refractivity contribution in [2.75, 3.05) is 0 Å². The van der Waals surface area contributed by atoms with Gasteiger partial charge in [-0.3, -0.25) is 4.79 Å². The fourth-order valence-electron chi connectivity index (χ4n) is 2.73. The van der Waals surface area contributed by atoms with E-state index in [1.54, 1.807) is 0 Å². The predicted octanol–water partition coefficient (Wildman–Crippen LogP) is 5.04. The number of rotatable bonds is 2. The maximum Gasteiger partial charge on any atom is 0.264 e. The van der Waals surface area contributed by atoms with E-state index in [9.17, 15) is 4.79 Å². The highest BCUT2D eigenvalue weighted by atomic mass is 32.2. The van der Waals surface area contributed by atoms with Crippen molar-refractivity contribution in [1.82, 2.24) is 5.32 Å². The average Bonchev–Trinajstić information content (AvgIpc) is 2.96. The van der Waals surface area contributed by atoms with E-state index in [0.29, 0.717) is 10.1 Å². The molecule has 3 aromatic carbocycles. The van der Waals surface area contributed by atoms with Crippen LogP contribution in [0, 0.1) is 6.92 Å². The first-order valence-corrected chi connectivity index (χ1v) is 8.85. The summed E-state index contributed by atoms with van der Waals surface area (Å²) in [7, 11) is 0. The van der Waals surface area contributed by atoms with Crippen molar-refractivity contribution in [3.63, 3.8) is 0 Å². The van der Waals surface area contributed by atoms with E-state index in [4.69, 9.17) is 0 Å². The summed E-state index contributed by atoms with van der Waals surface area (Å²) in [4.78, 5) is 17.5. The lowest BCUT2D eigenvalue weighted by Crippen LogP contribution is -2.19. The first-order chi connectivity index (χ1) is 12.2. The Morgan fingerprint density at radius 2 is 1.72 bits per heavy atom. The van der Waals surface area contributed by atoms with E-state index in [-0.39, 0.29) is 5.91 Å². The molecule has 3 aromatic rings. The maximum absolute atomic E-state index is 12.3. The van der Waals surface area contributed by atoms with Crippen LogP contribution in [0.5, 0.6) is 0 Å². The number of carbonyl (C=O) groups excluding carboxylic acids is 1. The van der Waals surface area contributed by atoms with Crippen molar-refractivity contribution in [3.05, 3.63) is 82.8 Å². The van der Waals surface area contributed by atoms with Crippen molar-refractivity contribution in [2.45, 2.75) is 6.92 Å². The van der Waals surface area contributed by atoms with Crippen LogP contribution < -0.4 is 5.32 Å². The molecule has 1 aliphatic rings. The summed E-state index contributed by atoms with van der Waals surface area (Å²) in [6, 6.07) is 22.2. The molecular formula is C21H16N2OS. The van der Waals surface area contributed by atoms with Gasteiger partial charge >= 0.3 is 0 Å². The number of aliphatic imine (C=N–C) groups is 1. The standard InChI is InChI=1S/C21H16N2OS/c1-14-9-11-17(12-10-14)22-21-23-20(24)19(25-21)13-16-7-4-6-15-5-2-3-8-18(15)16/h2-13H,1H3,(H,22,23,24)/b19-13-. The summed E-state index contributed by atoms with van der Waals surface area (Å²) in [6.07, 6.45) is 1.93. The van der Waals surface area contributed by atoms with Crippen LogP contribution in [0.25, 0.3) is 16.8 Å². The zero-order valence-corrected chi connectivity index (χ0v) is 14.5. The molecule has 0 aliphatic carbocycles. The van der Waals surface area contributed by atoms with Gasteiger partial charge in [0, 0.05) is 0 Å². The molecule has 0 spiro atoms. The summed E-state index contributed by atoms with van der Waals surface area (Å²) in [5.74, 6) is -0.108. The first-order valence-electron chi connectivity index (χ1n) is 8.03. The summed E-state index contributed by atoms with van der Waals surface area (Å²) in [5.41, 5.74) is 3.05. The number of hydrogen-bond acceptors (Lipinski definition) is 3. The fraction of sp³-hybridized carbons (Fsp3) is 0.0476. The molecule has 0 atom stereocenters.